The Balaban J connectivity index is 2.24. The molecule has 1 aromatic heterocycles. The smallest absolute Gasteiger partial charge is 0.149 e. The molecule has 0 aliphatic rings. The second kappa shape index (κ2) is 8.10. The van der Waals surface area contributed by atoms with Crippen molar-refractivity contribution < 1.29 is 5.11 Å². The van der Waals surface area contributed by atoms with E-state index in [1.807, 2.05) is 11.6 Å². The Morgan fingerprint density at radius 2 is 2.53 bits per heavy atom. The van der Waals surface area contributed by atoms with E-state index in [0.29, 0.717) is 6.04 Å². The molecule has 0 saturated carbocycles. The molecule has 0 spiro atoms. The van der Waals surface area contributed by atoms with Crippen LogP contribution in [0.1, 0.15) is 19.8 Å². The van der Waals surface area contributed by atoms with Crippen molar-refractivity contribution in [3.05, 3.63) is 11.6 Å². The van der Waals surface area contributed by atoms with Gasteiger partial charge in [-0.15, -0.1) is 11.3 Å². The van der Waals surface area contributed by atoms with Gasteiger partial charge in [-0.25, -0.2) is 4.98 Å². The Kier molecular flexibility index (Phi) is 7.00. The van der Waals surface area contributed by atoms with Crippen LogP contribution in [0.15, 0.2) is 15.9 Å². The molecule has 3 nitrogen and oxygen atoms in total. The molecule has 5 heteroatoms. The van der Waals surface area contributed by atoms with E-state index in [4.69, 9.17) is 5.11 Å². The number of hydrogen-bond acceptors (Lipinski definition) is 5. The summed E-state index contributed by atoms with van der Waals surface area (Å²) in [5.74, 6) is 0.980. The summed E-state index contributed by atoms with van der Waals surface area (Å²) in [6.07, 6.45) is 3.77. The summed E-state index contributed by atoms with van der Waals surface area (Å²) in [4.78, 5) is 4.22. The molecule has 0 aromatic carbocycles. The van der Waals surface area contributed by atoms with Crippen LogP contribution in [-0.4, -0.2) is 35.0 Å². The van der Waals surface area contributed by atoms with Crippen LogP contribution in [0, 0.1) is 0 Å². The number of thiazole rings is 1. The molecule has 1 atom stereocenters. The Morgan fingerprint density at radius 3 is 3.13 bits per heavy atom. The molecule has 1 heterocycles. The van der Waals surface area contributed by atoms with Crippen LogP contribution in [0.2, 0.25) is 0 Å². The number of rotatable bonds is 8. The summed E-state index contributed by atoms with van der Waals surface area (Å²) in [5, 5.41) is 14.3. The lowest BCUT2D eigenvalue weighted by Crippen LogP contribution is -2.32. The summed E-state index contributed by atoms with van der Waals surface area (Å²) in [7, 11) is 0. The van der Waals surface area contributed by atoms with Crippen molar-refractivity contribution in [1.82, 2.24) is 10.3 Å². The van der Waals surface area contributed by atoms with Gasteiger partial charge >= 0.3 is 0 Å². The first-order chi connectivity index (χ1) is 7.36. The molecule has 0 saturated heterocycles. The molecule has 0 radical (unpaired) electrons. The lowest BCUT2D eigenvalue weighted by atomic mass is 10.2. The Morgan fingerprint density at radius 1 is 1.67 bits per heavy atom. The maximum atomic E-state index is 8.93. The molecule has 0 aliphatic carbocycles. The van der Waals surface area contributed by atoms with E-state index in [1.165, 1.54) is 0 Å². The van der Waals surface area contributed by atoms with Crippen LogP contribution in [0.5, 0.6) is 0 Å². The predicted molar refractivity (Wildman–Crippen MR) is 66.6 cm³/mol. The van der Waals surface area contributed by atoms with E-state index in [1.54, 1.807) is 23.1 Å². The van der Waals surface area contributed by atoms with Crippen LogP contribution in [0.3, 0.4) is 0 Å². The molecule has 0 amide bonds. The summed E-state index contributed by atoms with van der Waals surface area (Å²) in [6.45, 7) is 3.42. The van der Waals surface area contributed by atoms with Crippen LogP contribution < -0.4 is 5.32 Å². The summed E-state index contributed by atoms with van der Waals surface area (Å²) in [6, 6.07) is 0.392. The number of nitrogens with zero attached hydrogens (tertiary/aromatic N) is 1. The van der Waals surface area contributed by atoms with Crippen LogP contribution in [0.25, 0.3) is 0 Å². The first-order valence-corrected chi connectivity index (χ1v) is 7.10. The lowest BCUT2D eigenvalue weighted by molar-refractivity contribution is 0.270. The van der Waals surface area contributed by atoms with E-state index in [-0.39, 0.29) is 6.61 Å². The summed E-state index contributed by atoms with van der Waals surface area (Å²) in [5.41, 5.74) is 0. The van der Waals surface area contributed by atoms with Gasteiger partial charge < -0.3 is 10.4 Å². The SMILES string of the molecule is CCCNC(CCO)CSc1nccs1. The van der Waals surface area contributed by atoms with Crippen molar-refractivity contribution in [3.63, 3.8) is 0 Å². The van der Waals surface area contributed by atoms with Crippen molar-refractivity contribution in [2.24, 2.45) is 0 Å². The van der Waals surface area contributed by atoms with Crippen molar-refractivity contribution in [1.29, 1.82) is 0 Å². The van der Waals surface area contributed by atoms with Crippen LogP contribution in [0.4, 0.5) is 0 Å². The quantitative estimate of drug-likeness (QED) is 0.689. The summed E-state index contributed by atoms with van der Waals surface area (Å²) < 4.78 is 1.11. The monoisotopic (exact) mass is 246 g/mol. The van der Waals surface area contributed by atoms with Crippen molar-refractivity contribution in [3.8, 4) is 0 Å². The maximum absolute atomic E-state index is 8.93. The topological polar surface area (TPSA) is 45.1 Å². The van der Waals surface area contributed by atoms with Gasteiger partial charge in [0.2, 0.25) is 0 Å². The fourth-order valence-corrected chi connectivity index (χ4v) is 2.97. The number of hydrogen-bond donors (Lipinski definition) is 2. The van der Waals surface area contributed by atoms with Gasteiger partial charge in [0.1, 0.15) is 4.34 Å². The van der Waals surface area contributed by atoms with Gasteiger partial charge in [0.15, 0.2) is 0 Å². The minimum Gasteiger partial charge on any atom is -0.396 e. The van der Waals surface area contributed by atoms with Crippen molar-refractivity contribution >= 4 is 23.1 Å². The van der Waals surface area contributed by atoms with Gasteiger partial charge in [0.25, 0.3) is 0 Å². The van der Waals surface area contributed by atoms with Gasteiger partial charge in [-0.1, -0.05) is 18.7 Å². The highest BCUT2D eigenvalue weighted by Crippen LogP contribution is 2.21. The number of nitrogens with one attached hydrogen (secondary N) is 1. The Bertz CT molecular complexity index is 242. The molecule has 1 unspecified atom stereocenters. The Labute approximate surface area is 99.3 Å². The molecule has 0 bridgehead atoms. The van der Waals surface area contributed by atoms with Crippen molar-refractivity contribution in [2.75, 3.05) is 18.9 Å². The van der Waals surface area contributed by atoms with Gasteiger partial charge in [-0.3, -0.25) is 0 Å². The number of aromatic nitrogens is 1. The predicted octanol–water partition coefficient (Wildman–Crippen LogP) is 1.99. The maximum Gasteiger partial charge on any atom is 0.149 e. The van der Waals surface area contributed by atoms with E-state index < -0.39 is 0 Å². The third-order valence-corrected chi connectivity index (χ3v) is 4.11. The lowest BCUT2D eigenvalue weighted by Gasteiger charge is -2.15. The molecule has 86 valence electrons. The van der Waals surface area contributed by atoms with E-state index >= 15 is 0 Å². The van der Waals surface area contributed by atoms with Crippen LogP contribution in [-0.2, 0) is 0 Å². The first-order valence-electron chi connectivity index (χ1n) is 5.23. The normalized spacial score (nSPS) is 12.9. The van der Waals surface area contributed by atoms with Crippen molar-refractivity contribution in [2.45, 2.75) is 30.1 Å². The fraction of sp³-hybridized carbons (Fsp3) is 0.700. The molecule has 15 heavy (non-hydrogen) atoms. The second-order valence-corrected chi connectivity index (χ2v) is 5.43. The highest BCUT2D eigenvalue weighted by molar-refractivity contribution is 8.01. The van der Waals surface area contributed by atoms with E-state index in [2.05, 4.69) is 17.2 Å². The number of aliphatic hydroxyl groups excluding tert-OH is 1. The average molecular weight is 246 g/mol. The number of thioether (sulfide) groups is 1. The minimum absolute atomic E-state index is 0.250. The average Bonchev–Trinajstić information content (AvgIpc) is 2.75. The van der Waals surface area contributed by atoms with E-state index in [9.17, 15) is 0 Å². The largest absolute Gasteiger partial charge is 0.396 e. The zero-order chi connectivity index (χ0) is 10.9. The number of aliphatic hydroxyl groups is 1. The van der Waals surface area contributed by atoms with Gasteiger partial charge in [-0.2, -0.15) is 0 Å². The summed E-state index contributed by atoms with van der Waals surface area (Å²) >= 11 is 3.43. The fourth-order valence-electron chi connectivity index (χ4n) is 1.20. The Hall–Kier alpha value is -0.100. The van der Waals surface area contributed by atoms with Gasteiger partial charge in [0.05, 0.1) is 0 Å². The third-order valence-electron chi connectivity index (χ3n) is 1.98. The molecule has 0 fully saturated rings. The second-order valence-electron chi connectivity index (χ2n) is 3.27. The molecule has 1 aromatic rings. The zero-order valence-corrected chi connectivity index (χ0v) is 10.6. The standard InChI is InChI=1S/C10H18N2OS2/c1-2-4-11-9(3-6-13)8-15-10-12-5-7-14-10/h5,7,9,11,13H,2-4,6,8H2,1H3. The first kappa shape index (κ1) is 13.0. The molecule has 1 rings (SSSR count). The highest BCUT2D eigenvalue weighted by atomic mass is 32.2. The molecule has 0 aliphatic heterocycles. The zero-order valence-electron chi connectivity index (χ0n) is 8.98. The van der Waals surface area contributed by atoms with Gasteiger partial charge in [0, 0.05) is 30.0 Å². The third kappa shape index (κ3) is 5.51. The van der Waals surface area contributed by atoms with Crippen LogP contribution >= 0.6 is 23.1 Å². The minimum atomic E-state index is 0.250. The molecule has 2 N–H and O–H groups in total. The molecular weight excluding hydrogens is 228 g/mol. The molecular formula is C10H18N2OS2. The van der Waals surface area contributed by atoms with Gasteiger partial charge in [-0.05, 0) is 19.4 Å². The highest BCUT2D eigenvalue weighted by Gasteiger charge is 2.08. The van der Waals surface area contributed by atoms with E-state index in [0.717, 1.165) is 29.5 Å².